The van der Waals surface area contributed by atoms with Gasteiger partial charge in [0.2, 0.25) is 0 Å². The van der Waals surface area contributed by atoms with Gasteiger partial charge in [-0.25, -0.2) is 0 Å². The second-order valence-corrected chi connectivity index (χ2v) is 6.98. The van der Waals surface area contributed by atoms with Crippen LogP contribution in [0, 0.1) is 17.3 Å². The predicted molar refractivity (Wildman–Crippen MR) is 75.3 cm³/mol. The highest BCUT2D eigenvalue weighted by molar-refractivity contribution is 5.07. The van der Waals surface area contributed by atoms with Gasteiger partial charge in [-0.05, 0) is 61.0 Å². The van der Waals surface area contributed by atoms with E-state index in [0.717, 1.165) is 12.3 Å². The molecule has 1 atom stereocenters. The first-order chi connectivity index (χ1) is 8.47. The van der Waals surface area contributed by atoms with Crippen LogP contribution in [0.15, 0.2) is 23.0 Å². The number of furan rings is 1. The summed E-state index contributed by atoms with van der Waals surface area (Å²) in [4.78, 5) is 0. The van der Waals surface area contributed by atoms with E-state index in [2.05, 4.69) is 20.8 Å². The quantitative estimate of drug-likeness (QED) is 0.879. The van der Waals surface area contributed by atoms with Gasteiger partial charge in [-0.15, -0.1) is 0 Å². The van der Waals surface area contributed by atoms with E-state index in [9.17, 15) is 0 Å². The Bertz CT molecular complexity index is 342. The zero-order chi connectivity index (χ0) is 13.2. The molecule has 0 radical (unpaired) electrons. The molecule has 0 amide bonds. The number of rotatable bonds is 3. The molecule has 1 fully saturated rings. The first-order valence-electron chi connectivity index (χ1n) is 7.23. The first kappa shape index (κ1) is 13.7. The Balaban J connectivity index is 1.82. The van der Waals surface area contributed by atoms with Gasteiger partial charge in [-0.2, -0.15) is 0 Å². The minimum Gasteiger partial charge on any atom is -0.472 e. The standard InChI is InChI=1S/C16H27NO/c1-16(2,3)14-6-4-13(5-7-14)15(17)10-12-8-9-18-11-12/h8-9,11,13-15H,4-7,10,17H2,1-3H3. The Labute approximate surface area is 111 Å². The third kappa shape index (κ3) is 3.38. The van der Waals surface area contributed by atoms with Crippen LogP contribution in [-0.4, -0.2) is 6.04 Å². The van der Waals surface area contributed by atoms with Crippen molar-refractivity contribution in [2.45, 2.75) is 58.9 Å². The molecule has 1 unspecified atom stereocenters. The summed E-state index contributed by atoms with van der Waals surface area (Å²) in [6.45, 7) is 7.09. The van der Waals surface area contributed by atoms with E-state index in [0.29, 0.717) is 17.4 Å². The lowest BCUT2D eigenvalue weighted by atomic mass is 9.68. The van der Waals surface area contributed by atoms with Crippen molar-refractivity contribution in [3.63, 3.8) is 0 Å². The molecule has 1 saturated carbocycles. The molecule has 0 spiro atoms. The summed E-state index contributed by atoms with van der Waals surface area (Å²) in [5.41, 5.74) is 8.05. The molecule has 102 valence electrons. The SMILES string of the molecule is CC(C)(C)C1CCC(C(N)Cc2ccoc2)CC1. The van der Waals surface area contributed by atoms with Crippen LogP contribution in [0.5, 0.6) is 0 Å². The maximum absolute atomic E-state index is 6.35. The van der Waals surface area contributed by atoms with Crippen molar-refractivity contribution in [3.05, 3.63) is 24.2 Å². The molecule has 0 saturated heterocycles. The van der Waals surface area contributed by atoms with Gasteiger partial charge in [0.15, 0.2) is 0 Å². The van der Waals surface area contributed by atoms with Crippen LogP contribution in [0.4, 0.5) is 0 Å². The van der Waals surface area contributed by atoms with E-state index in [4.69, 9.17) is 10.2 Å². The summed E-state index contributed by atoms with van der Waals surface area (Å²) >= 11 is 0. The Morgan fingerprint density at radius 1 is 1.28 bits per heavy atom. The van der Waals surface area contributed by atoms with Gasteiger partial charge in [-0.1, -0.05) is 20.8 Å². The number of hydrogen-bond donors (Lipinski definition) is 1. The highest BCUT2D eigenvalue weighted by Crippen LogP contribution is 2.40. The molecule has 2 nitrogen and oxygen atoms in total. The Hall–Kier alpha value is -0.760. The van der Waals surface area contributed by atoms with Crippen LogP contribution in [-0.2, 0) is 6.42 Å². The summed E-state index contributed by atoms with van der Waals surface area (Å²) in [6.07, 6.45) is 9.78. The minimum absolute atomic E-state index is 0.295. The molecule has 2 rings (SSSR count). The van der Waals surface area contributed by atoms with Gasteiger partial charge in [0.1, 0.15) is 0 Å². The Kier molecular flexibility index (Phi) is 4.16. The summed E-state index contributed by atoms with van der Waals surface area (Å²) in [6, 6.07) is 2.32. The molecule has 0 aliphatic heterocycles. The Morgan fingerprint density at radius 2 is 1.94 bits per heavy atom. The van der Waals surface area contributed by atoms with Gasteiger partial charge in [0.05, 0.1) is 12.5 Å². The number of nitrogens with two attached hydrogens (primary N) is 1. The molecule has 1 aromatic heterocycles. The summed E-state index contributed by atoms with van der Waals surface area (Å²) in [5.74, 6) is 1.56. The van der Waals surface area contributed by atoms with Crippen LogP contribution in [0.2, 0.25) is 0 Å². The molecule has 0 aromatic carbocycles. The van der Waals surface area contributed by atoms with E-state index in [1.165, 1.54) is 31.2 Å². The fourth-order valence-corrected chi connectivity index (χ4v) is 3.26. The van der Waals surface area contributed by atoms with Gasteiger partial charge in [0.25, 0.3) is 0 Å². The topological polar surface area (TPSA) is 39.2 Å². The van der Waals surface area contributed by atoms with Crippen molar-refractivity contribution in [2.75, 3.05) is 0 Å². The maximum atomic E-state index is 6.35. The van der Waals surface area contributed by atoms with E-state index in [1.807, 2.05) is 12.3 Å². The highest BCUT2D eigenvalue weighted by Gasteiger charge is 2.31. The van der Waals surface area contributed by atoms with Gasteiger partial charge in [0, 0.05) is 6.04 Å². The van der Waals surface area contributed by atoms with E-state index in [-0.39, 0.29) is 0 Å². The van der Waals surface area contributed by atoms with Crippen LogP contribution in [0.3, 0.4) is 0 Å². The average molecular weight is 249 g/mol. The van der Waals surface area contributed by atoms with Gasteiger partial charge in [-0.3, -0.25) is 0 Å². The zero-order valence-electron chi connectivity index (χ0n) is 12.0. The second kappa shape index (κ2) is 5.48. The van der Waals surface area contributed by atoms with Crippen molar-refractivity contribution in [3.8, 4) is 0 Å². The third-order valence-electron chi connectivity index (χ3n) is 4.65. The van der Waals surface area contributed by atoms with E-state index in [1.54, 1.807) is 6.26 Å². The lowest BCUT2D eigenvalue weighted by Gasteiger charge is -2.38. The molecule has 1 heterocycles. The zero-order valence-corrected chi connectivity index (χ0v) is 12.0. The van der Waals surface area contributed by atoms with Gasteiger partial charge < -0.3 is 10.2 Å². The van der Waals surface area contributed by atoms with Crippen molar-refractivity contribution in [2.24, 2.45) is 23.0 Å². The molecule has 0 bridgehead atoms. The molecule has 18 heavy (non-hydrogen) atoms. The molecular formula is C16H27NO. The van der Waals surface area contributed by atoms with Crippen molar-refractivity contribution in [1.29, 1.82) is 0 Å². The van der Waals surface area contributed by atoms with Crippen molar-refractivity contribution in [1.82, 2.24) is 0 Å². The van der Waals surface area contributed by atoms with Crippen molar-refractivity contribution >= 4 is 0 Å². The fourth-order valence-electron chi connectivity index (χ4n) is 3.26. The van der Waals surface area contributed by atoms with Crippen LogP contribution >= 0.6 is 0 Å². The fraction of sp³-hybridized carbons (Fsp3) is 0.750. The molecule has 1 aliphatic rings. The van der Waals surface area contributed by atoms with E-state index >= 15 is 0 Å². The van der Waals surface area contributed by atoms with E-state index < -0.39 is 0 Å². The normalized spacial score (nSPS) is 27.1. The van der Waals surface area contributed by atoms with Gasteiger partial charge >= 0.3 is 0 Å². The molecule has 2 heteroatoms. The Morgan fingerprint density at radius 3 is 2.44 bits per heavy atom. The molecular weight excluding hydrogens is 222 g/mol. The van der Waals surface area contributed by atoms with Crippen LogP contribution in [0.25, 0.3) is 0 Å². The minimum atomic E-state index is 0.295. The maximum Gasteiger partial charge on any atom is 0.0935 e. The lowest BCUT2D eigenvalue weighted by molar-refractivity contribution is 0.139. The average Bonchev–Trinajstić information content (AvgIpc) is 2.81. The van der Waals surface area contributed by atoms with Crippen molar-refractivity contribution < 1.29 is 4.42 Å². The number of hydrogen-bond acceptors (Lipinski definition) is 2. The smallest absolute Gasteiger partial charge is 0.0935 e. The first-order valence-corrected chi connectivity index (χ1v) is 7.23. The monoisotopic (exact) mass is 249 g/mol. The highest BCUT2D eigenvalue weighted by atomic mass is 16.3. The molecule has 2 N–H and O–H groups in total. The summed E-state index contributed by atoms with van der Waals surface area (Å²) in [7, 11) is 0. The summed E-state index contributed by atoms with van der Waals surface area (Å²) in [5, 5.41) is 0. The second-order valence-electron chi connectivity index (χ2n) is 6.98. The van der Waals surface area contributed by atoms with Crippen LogP contribution in [0.1, 0.15) is 52.0 Å². The largest absolute Gasteiger partial charge is 0.472 e. The predicted octanol–water partition coefficient (Wildman–Crippen LogP) is 4.00. The molecule has 1 aromatic rings. The summed E-state index contributed by atoms with van der Waals surface area (Å²) < 4.78 is 5.11. The molecule has 1 aliphatic carbocycles. The van der Waals surface area contributed by atoms with Crippen LogP contribution < -0.4 is 5.73 Å². The lowest BCUT2D eigenvalue weighted by Crippen LogP contribution is -2.36. The third-order valence-corrected chi connectivity index (χ3v) is 4.65.